The summed E-state index contributed by atoms with van der Waals surface area (Å²) < 4.78 is 1.19. The van der Waals surface area contributed by atoms with Gasteiger partial charge < -0.3 is 4.90 Å². The molecule has 0 radical (unpaired) electrons. The summed E-state index contributed by atoms with van der Waals surface area (Å²) in [6.45, 7) is 6.04. The summed E-state index contributed by atoms with van der Waals surface area (Å²) in [5, 5.41) is 0.792. The Morgan fingerprint density at radius 3 is 2.61 bits per heavy atom. The number of nitrogens with one attached hydrogen (secondary N) is 1. The lowest BCUT2D eigenvalue weighted by Gasteiger charge is -2.18. The van der Waals surface area contributed by atoms with Crippen molar-refractivity contribution in [3.8, 4) is 0 Å². The molecule has 3 aromatic rings. The van der Waals surface area contributed by atoms with Gasteiger partial charge in [0, 0.05) is 24.4 Å². The van der Waals surface area contributed by atoms with E-state index in [2.05, 4.69) is 17.0 Å². The van der Waals surface area contributed by atoms with Crippen LogP contribution in [0.25, 0.3) is 10.9 Å². The number of anilines is 1. The lowest BCUT2D eigenvalue weighted by Crippen LogP contribution is -2.39. The predicted octanol–water partition coefficient (Wildman–Crippen LogP) is 3.19. The first-order chi connectivity index (χ1) is 14.9. The largest absolute Gasteiger partial charge is 0.312 e. The smallest absolute Gasteiger partial charge is 0.281 e. The molecule has 0 aliphatic carbocycles. The number of rotatable bonds is 6. The highest BCUT2D eigenvalue weighted by Crippen LogP contribution is 2.25. The second-order valence-corrected chi connectivity index (χ2v) is 8.46. The number of para-hydroxylation sites is 2. The highest BCUT2D eigenvalue weighted by molar-refractivity contribution is 7.99. The van der Waals surface area contributed by atoms with Crippen molar-refractivity contribution in [3.05, 3.63) is 77.1 Å². The van der Waals surface area contributed by atoms with Crippen LogP contribution in [0.5, 0.6) is 0 Å². The van der Waals surface area contributed by atoms with Crippen molar-refractivity contribution in [2.75, 3.05) is 22.6 Å². The molecule has 158 valence electrons. The Hall–Kier alpha value is -3.39. The summed E-state index contributed by atoms with van der Waals surface area (Å²) in [7, 11) is 0. The van der Waals surface area contributed by atoms with Crippen LogP contribution in [0.15, 0.2) is 76.7 Å². The molecule has 8 heteroatoms. The van der Waals surface area contributed by atoms with Gasteiger partial charge in [-0.05, 0) is 31.2 Å². The molecule has 1 saturated heterocycles. The van der Waals surface area contributed by atoms with Crippen molar-refractivity contribution in [2.24, 2.45) is 5.92 Å². The summed E-state index contributed by atoms with van der Waals surface area (Å²) >= 11 is 1.33. The molecule has 4 rings (SSSR count). The fourth-order valence-electron chi connectivity index (χ4n) is 3.44. The van der Waals surface area contributed by atoms with Crippen LogP contribution < -0.4 is 15.9 Å². The van der Waals surface area contributed by atoms with Gasteiger partial charge in [-0.25, -0.2) is 4.98 Å². The van der Waals surface area contributed by atoms with E-state index >= 15 is 0 Å². The highest BCUT2D eigenvalue weighted by atomic mass is 32.2. The number of fused-ring (bicyclic) bond motifs is 1. The molecule has 0 saturated carbocycles. The Morgan fingerprint density at radius 1 is 1.16 bits per heavy atom. The monoisotopic (exact) mass is 434 g/mol. The second-order valence-electron chi connectivity index (χ2n) is 7.51. The average molecular weight is 435 g/mol. The third-order valence-electron chi connectivity index (χ3n) is 4.98. The van der Waals surface area contributed by atoms with E-state index in [1.165, 1.54) is 16.4 Å². The van der Waals surface area contributed by atoms with Crippen LogP contribution >= 0.6 is 11.8 Å². The molecule has 1 fully saturated rings. The maximum Gasteiger partial charge on any atom is 0.281 e. The predicted molar refractivity (Wildman–Crippen MR) is 123 cm³/mol. The fourth-order valence-corrected chi connectivity index (χ4v) is 4.23. The minimum absolute atomic E-state index is 0.0880. The minimum Gasteiger partial charge on any atom is -0.312 e. The standard InChI is InChI=1S/C23H22N4O3S/c1-15(2)14-31-23-24-19-11-7-6-10-18(19)22(30)27(23)25-21(29)16-12-20(28)26(13-16)17-8-4-3-5-9-17/h3-11,16H,1,12-14H2,2H3,(H,25,29). The zero-order valence-corrected chi connectivity index (χ0v) is 17.9. The third kappa shape index (κ3) is 4.39. The first-order valence-corrected chi connectivity index (χ1v) is 10.9. The number of carbonyl (C=O) groups is 2. The number of nitrogens with zero attached hydrogens (tertiary/aromatic N) is 3. The van der Waals surface area contributed by atoms with Gasteiger partial charge in [-0.2, -0.15) is 4.68 Å². The van der Waals surface area contributed by atoms with E-state index in [-0.39, 0.29) is 30.3 Å². The van der Waals surface area contributed by atoms with Crippen molar-refractivity contribution < 1.29 is 9.59 Å². The first kappa shape index (κ1) is 20.9. The molecule has 2 amide bonds. The average Bonchev–Trinajstić information content (AvgIpc) is 3.17. The lowest BCUT2D eigenvalue weighted by molar-refractivity contribution is -0.123. The molecule has 1 unspecified atom stereocenters. The Kier molecular flexibility index (Phi) is 5.90. The van der Waals surface area contributed by atoms with Gasteiger partial charge in [-0.15, -0.1) is 0 Å². The molecule has 1 aliphatic rings. The van der Waals surface area contributed by atoms with Crippen LogP contribution in [-0.4, -0.2) is 33.8 Å². The summed E-state index contributed by atoms with van der Waals surface area (Å²) in [4.78, 5) is 44.7. The summed E-state index contributed by atoms with van der Waals surface area (Å²) in [6.07, 6.45) is 0.0880. The van der Waals surface area contributed by atoms with Gasteiger partial charge in [0.05, 0.1) is 16.8 Å². The molecular weight excluding hydrogens is 412 g/mol. The van der Waals surface area contributed by atoms with E-state index < -0.39 is 5.92 Å². The molecule has 2 heterocycles. The lowest BCUT2D eigenvalue weighted by atomic mass is 10.1. The molecule has 7 nitrogen and oxygen atoms in total. The van der Waals surface area contributed by atoms with Crippen molar-refractivity contribution >= 4 is 40.2 Å². The van der Waals surface area contributed by atoms with E-state index in [1.54, 1.807) is 23.1 Å². The van der Waals surface area contributed by atoms with Gasteiger partial charge in [0.25, 0.3) is 5.56 Å². The molecule has 31 heavy (non-hydrogen) atoms. The van der Waals surface area contributed by atoms with Gasteiger partial charge in [0.2, 0.25) is 11.8 Å². The Balaban J connectivity index is 1.61. The second kappa shape index (κ2) is 8.77. The van der Waals surface area contributed by atoms with Gasteiger partial charge >= 0.3 is 0 Å². The number of amides is 2. The molecule has 1 atom stereocenters. The van der Waals surface area contributed by atoms with Crippen LogP contribution in [0.2, 0.25) is 0 Å². The third-order valence-corrected chi connectivity index (χ3v) is 6.15. The number of aromatic nitrogens is 2. The van der Waals surface area contributed by atoms with Crippen LogP contribution in [-0.2, 0) is 9.59 Å². The van der Waals surface area contributed by atoms with E-state index in [1.807, 2.05) is 43.3 Å². The summed E-state index contributed by atoms with van der Waals surface area (Å²) in [5.74, 6) is -0.509. The molecule has 1 aromatic heterocycles. The van der Waals surface area contributed by atoms with Crippen LogP contribution in [0.1, 0.15) is 13.3 Å². The van der Waals surface area contributed by atoms with Crippen LogP contribution in [0, 0.1) is 5.92 Å². The minimum atomic E-state index is -0.565. The number of carbonyl (C=O) groups excluding carboxylic acids is 2. The molecular formula is C23H22N4O3S. The number of hydrogen-bond donors (Lipinski definition) is 1. The van der Waals surface area contributed by atoms with Crippen LogP contribution in [0.3, 0.4) is 0 Å². The quantitative estimate of drug-likeness (QED) is 0.366. The van der Waals surface area contributed by atoms with E-state index in [0.29, 0.717) is 21.8 Å². The van der Waals surface area contributed by atoms with Crippen molar-refractivity contribution in [1.29, 1.82) is 0 Å². The SMILES string of the molecule is C=C(C)CSc1nc2ccccc2c(=O)n1NC(=O)C1CC(=O)N(c2ccccc2)C1. The molecule has 1 N–H and O–H groups in total. The maximum absolute atomic E-state index is 13.1. The zero-order chi connectivity index (χ0) is 22.0. The van der Waals surface area contributed by atoms with Gasteiger partial charge in [-0.3, -0.25) is 19.8 Å². The molecule has 2 aromatic carbocycles. The summed E-state index contributed by atoms with van der Waals surface area (Å²) in [6, 6.07) is 16.3. The summed E-state index contributed by atoms with van der Waals surface area (Å²) in [5.41, 5.74) is 4.59. The van der Waals surface area contributed by atoms with Gasteiger partial charge in [0.15, 0.2) is 5.16 Å². The zero-order valence-electron chi connectivity index (χ0n) is 17.1. The van der Waals surface area contributed by atoms with Gasteiger partial charge in [0.1, 0.15) is 0 Å². The Labute approximate surface area is 183 Å². The van der Waals surface area contributed by atoms with Crippen molar-refractivity contribution in [3.63, 3.8) is 0 Å². The fraction of sp³-hybridized carbons (Fsp3) is 0.217. The Morgan fingerprint density at radius 2 is 1.87 bits per heavy atom. The Bertz CT molecular complexity index is 1220. The normalized spacial score (nSPS) is 16.0. The first-order valence-electron chi connectivity index (χ1n) is 9.89. The molecule has 0 bridgehead atoms. The maximum atomic E-state index is 13.1. The van der Waals surface area contributed by atoms with Gasteiger partial charge in [-0.1, -0.05) is 54.2 Å². The number of thioether (sulfide) groups is 1. The van der Waals surface area contributed by atoms with Crippen molar-refractivity contribution in [1.82, 2.24) is 9.66 Å². The topological polar surface area (TPSA) is 84.3 Å². The van der Waals surface area contributed by atoms with E-state index in [4.69, 9.17) is 0 Å². The van der Waals surface area contributed by atoms with E-state index in [0.717, 1.165) is 11.3 Å². The van der Waals surface area contributed by atoms with Crippen LogP contribution in [0.4, 0.5) is 5.69 Å². The highest BCUT2D eigenvalue weighted by Gasteiger charge is 2.35. The number of hydrogen-bond acceptors (Lipinski definition) is 5. The van der Waals surface area contributed by atoms with Crippen molar-refractivity contribution in [2.45, 2.75) is 18.5 Å². The molecule has 0 spiro atoms. The molecule has 1 aliphatic heterocycles. The van der Waals surface area contributed by atoms with E-state index in [9.17, 15) is 14.4 Å². The number of benzene rings is 2.